The second-order valence-electron chi connectivity index (χ2n) is 1.58. The Kier molecular flexibility index (Phi) is 1.00. The summed E-state index contributed by atoms with van der Waals surface area (Å²) in [6.07, 6.45) is 4.89. The van der Waals surface area contributed by atoms with Crippen LogP contribution in [0.3, 0.4) is 0 Å². The predicted molar refractivity (Wildman–Crippen MR) is 28.6 cm³/mol. The molecule has 0 saturated carbocycles. The molecule has 2 aromatic rings. The fourth-order valence-electron chi connectivity index (χ4n) is 0.570. The molecule has 49 valence electrons. The van der Waals surface area contributed by atoms with Crippen molar-refractivity contribution in [2.24, 2.45) is 0 Å². The molecular formula is C5H2N3O2. The first-order chi connectivity index (χ1) is 4.97. The monoisotopic (exact) mass is 136 g/mol. The molecule has 0 spiro atoms. The minimum atomic E-state index is 0.407. The Labute approximate surface area is 55.7 Å². The lowest BCUT2D eigenvalue weighted by Crippen LogP contribution is -1.77. The molecule has 0 unspecified atom stereocenters. The van der Waals surface area contributed by atoms with Gasteiger partial charge in [0.15, 0.2) is 5.69 Å². The molecule has 0 amide bonds. The van der Waals surface area contributed by atoms with Crippen LogP contribution in [0.15, 0.2) is 21.6 Å². The van der Waals surface area contributed by atoms with Gasteiger partial charge in [-0.2, -0.15) is 4.98 Å². The van der Waals surface area contributed by atoms with Crippen LogP contribution in [0.4, 0.5) is 0 Å². The molecule has 0 aliphatic heterocycles. The third-order valence-corrected chi connectivity index (χ3v) is 0.980. The number of hydrogen-bond donors (Lipinski definition) is 0. The Morgan fingerprint density at radius 3 is 3.10 bits per heavy atom. The molecular weight excluding hydrogens is 134 g/mol. The highest BCUT2D eigenvalue weighted by atomic mass is 16.5. The van der Waals surface area contributed by atoms with Crippen LogP contribution in [0.2, 0.25) is 0 Å². The van der Waals surface area contributed by atoms with Crippen molar-refractivity contribution in [3.63, 3.8) is 0 Å². The molecule has 5 heteroatoms. The maximum Gasteiger partial charge on any atom is 0.284 e. The second kappa shape index (κ2) is 1.94. The SMILES string of the molecule is [c]1nc(-c2ncon2)co1. The second-order valence-corrected chi connectivity index (χ2v) is 1.58. The zero-order valence-electron chi connectivity index (χ0n) is 4.81. The zero-order valence-corrected chi connectivity index (χ0v) is 4.81. The third-order valence-electron chi connectivity index (χ3n) is 0.980. The van der Waals surface area contributed by atoms with Crippen molar-refractivity contribution in [3.8, 4) is 11.5 Å². The van der Waals surface area contributed by atoms with E-state index in [1.807, 2.05) is 0 Å². The highest BCUT2D eigenvalue weighted by Crippen LogP contribution is 2.08. The van der Waals surface area contributed by atoms with E-state index < -0.39 is 0 Å². The lowest BCUT2D eigenvalue weighted by atomic mass is 10.5. The summed E-state index contributed by atoms with van der Waals surface area (Å²) in [6, 6.07) is 0. The van der Waals surface area contributed by atoms with Crippen LogP contribution in [0, 0.1) is 6.39 Å². The van der Waals surface area contributed by atoms with Crippen LogP contribution in [0.1, 0.15) is 0 Å². The molecule has 0 aliphatic carbocycles. The van der Waals surface area contributed by atoms with Gasteiger partial charge in [0, 0.05) is 0 Å². The minimum Gasteiger partial charge on any atom is -0.440 e. The van der Waals surface area contributed by atoms with Crippen LogP contribution >= 0.6 is 0 Å². The topological polar surface area (TPSA) is 65.0 Å². The molecule has 2 rings (SSSR count). The van der Waals surface area contributed by atoms with E-state index in [0.717, 1.165) is 0 Å². The average Bonchev–Trinajstić information content (AvgIpc) is 2.59. The van der Waals surface area contributed by atoms with Crippen molar-refractivity contribution < 1.29 is 8.94 Å². The van der Waals surface area contributed by atoms with Gasteiger partial charge in [0.25, 0.3) is 6.39 Å². The lowest BCUT2D eigenvalue weighted by Gasteiger charge is -1.76. The highest BCUT2D eigenvalue weighted by Gasteiger charge is 2.04. The molecule has 0 fully saturated rings. The van der Waals surface area contributed by atoms with E-state index in [1.165, 1.54) is 12.7 Å². The summed E-state index contributed by atoms with van der Waals surface area (Å²) in [5, 5.41) is 3.53. The summed E-state index contributed by atoms with van der Waals surface area (Å²) in [4.78, 5) is 7.42. The Morgan fingerprint density at radius 1 is 1.50 bits per heavy atom. The number of hydrogen-bond acceptors (Lipinski definition) is 5. The van der Waals surface area contributed by atoms with E-state index in [2.05, 4.69) is 30.5 Å². The first kappa shape index (κ1) is 5.16. The lowest BCUT2D eigenvalue weighted by molar-refractivity contribution is 0.418. The van der Waals surface area contributed by atoms with Gasteiger partial charge in [0.05, 0.1) is 0 Å². The van der Waals surface area contributed by atoms with Gasteiger partial charge < -0.3 is 8.94 Å². The number of oxazole rings is 1. The van der Waals surface area contributed by atoms with E-state index in [0.29, 0.717) is 11.5 Å². The van der Waals surface area contributed by atoms with E-state index >= 15 is 0 Å². The van der Waals surface area contributed by atoms with E-state index in [1.54, 1.807) is 0 Å². The summed E-state index contributed by atoms with van der Waals surface area (Å²) >= 11 is 0. The Morgan fingerprint density at radius 2 is 2.50 bits per heavy atom. The summed E-state index contributed by atoms with van der Waals surface area (Å²) in [7, 11) is 0. The molecule has 2 heterocycles. The molecule has 0 bridgehead atoms. The van der Waals surface area contributed by atoms with Crippen LogP contribution in [-0.4, -0.2) is 15.1 Å². The van der Waals surface area contributed by atoms with E-state index in [4.69, 9.17) is 0 Å². The van der Waals surface area contributed by atoms with Gasteiger partial charge in [0.1, 0.15) is 6.26 Å². The molecule has 0 saturated heterocycles. The van der Waals surface area contributed by atoms with Crippen LogP contribution in [0.5, 0.6) is 0 Å². The molecule has 5 nitrogen and oxygen atoms in total. The van der Waals surface area contributed by atoms with Gasteiger partial charge in [-0.1, -0.05) is 5.16 Å². The molecule has 1 radical (unpaired) electrons. The van der Waals surface area contributed by atoms with Crippen LogP contribution < -0.4 is 0 Å². The fraction of sp³-hybridized carbons (Fsp3) is 0. The normalized spacial score (nSPS) is 10.0. The van der Waals surface area contributed by atoms with E-state index in [-0.39, 0.29) is 0 Å². The van der Waals surface area contributed by atoms with Crippen molar-refractivity contribution >= 4 is 0 Å². The van der Waals surface area contributed by atoms with Crippen molar-refractivity contribution in [2.75, 3.05) is 0 Å². The molecule has 0 aliphatic rings. The first-order valence-electron chi connectivity index (χ1n) is 2.55. The average molecular weight is 136 g/mol. The van der Waals surface area contributed by atoms with Gasteiger partial charge >= 0.3 is 0 Å². The van der Waals surface area contributed by atoms with Gasteiger partial charge in [-0.25, -0.2) is 4.98 Å². The van der Waals surface area contributed by atoms with Gasteiger partial charge in [0.2, 0.25) is 12.2 Å². The standard InChI is InChI=1S/C5H2N3O2/c1-4(6-2-9-1)5-7-3-10-8-5/h1,3H. The summed E-state index contributed by atoms with van der Waals surface area (Å²) in [6.45, 7) is 0. The predicted octanol–water partition coefficient (Wildman–Crippen LogP) is 0.525. The smallest absolute Gasteiger partial charge is 0.284 e. The molecule has 0 atom stereocenters. The quantitative estimate of drug-likeness (QED) is 0.571. The van der Waals surface area contributed by atoms with Crippen molar-refractivity contribution in [3.05, 3.63) is 19.1 Å². The van der Waals surface area contributed by atoms with Gasteiger partial charge in [-0.05, 0) is 0 Å². The van der Waals surface area contributed by atoms with Gasteiger partial charge in [-0.15, -0.1) is 0 Å². The Balaban J connectivity index is 2.48. The number of nitrogens with zero attached hydrogens (tertiary/aromatic N) is 3. The highest BCUT2D eigenvalue weighted by molar-refractivity contribution is 5.43. The van der Waals surface area contributed by atoms with Crippen LogP contribution in [0.25, 0.3) is 11.5 Å². The molecule has 0 aromatic carbocycles. The summed E-state index contributed by atoms with van der Waals surface area (Å²) < 4.78 is 9.06. The fourth-order valence-corrected chi connectivity index (χ4v) is 0.570. The Hall–Kier alpha value is -1.65. The molecule has 2 aromatic heterocycles. The van der Waals surface area contributed by atoms with Crippen molar-refractivity contribution in [1.29, 1.82) is 0 Å². The maximum atomic E-state index is 4.58. The maximum absolute atomic E-state index is 4.58. The third kappa shape index (κ3) is 0.680. The zero-order chi connectivity index (χ0) is 6.81. The minimum absolute atomic E-state index is 0.407. The largest absolute Gasteiger partial charge is 0.440 e. The number of aromatic nitrogens is 3. The van der Waals surface area contributed by atoms with Crippen molar-refractivity contribution in [2.45, 2.75) is 0 Å². The van der Waals surface area contributed by atoms with Crippen LogP contribution in [-0.2, 0) is 0 Å². The Bertz CT molecular complexity index is 254. The van der Waals surface area contributed by atoms with Gasteiger partial charge in [-0.3, -0.25) is 0 Å². The molecule has 0 N–H and O–H groups in total. The first-order valence-corrected chi connectivity index (χ1v) is 2.55. The van der Waals surface area contributed by atoms with E-state index in [9.17, 15) is 0 Å². The molecule has 10 heavy (non-hydrogen) atoms. The number of rotatable bonds is 1. The summed E-state index contributed by atoms with van der Waals surface area (Å²) in [5.74, 6) is 0.407. The van der Waals surface area contributed by atoms with Crippen molar-refractivity contribution in [1.82, 2.24) is 15.1 Å². The summed E-state index contributed by atoms with van der Waals surface area (Å²) in [5.41, 5.74) is 0.522.